The van der Waals surface area contributed by atoms with Crippen LogP contribution in [-0.2, 0) is 16.4 Å². The quantitative estimate of drug-likeness (QED) is 0.643. The third-order valence-electron chi connectivity index (χ3n) is 5.62. The highest BCUT2D eigenvalue weighted by Gasteiger charge is 2.52. The SMILES string of the molecule is Cn1ccc(-c2nc3cccc(B4OC(C)(C)C(C)(C)O4)c3cc2C(F)F)n1. The van der Waals surface area contributed by atoms with E-state index in [2.05, 4.69) is 10.1 Å². The van der Waals surface area contributed by atoms with E-state index in [4.69, 9.17) is 9.31 Å². The minimum atomic E-state index is -2.68. The number of aromatic nitrogens is 3. The van der Waals surface area contributed by atoms with Crippen molar-refractivity contribution in [1.29, 1.82) is 0 Å². The molecule has 1 aromatic carbocycles. The largest absolute Gasteiger partial charge is 0.495 e. The number of fused-ring (bicyclic) bond motifs is 1. The first kappa shape index (κ1) is 19.0. The van der Waals surface area contributed by atoms with Gasteiger partial charge in [0.1, 0.15) is 11.4 Å². The minimum Gasteiger partial charge on any atom is -0.399 e. The van der Waals surface area contributed by atoms with Crippen molar-refractivity contribution in [3.63, 3.8) is 0 Å². The Hall–Kier alpha value is -2.32. The molecule has 146 valence electrons. The molecule has 3 heterocycles. The van der Waals surface area contributed by atoms with Gasteiger partial charge in [0.15, 0.2) is 0 Å². The van der Waals surface area contributed by atoms with Gasteiger partial charge < -0.3 is 9.31 Å². The number of hydrogen-bond acceptors (Lipinski definition) is 4. The monoisotopic (exact) mass is 385 g/mol. The van der Waals surface area contributed by atoms with Crippen LogP contribution >= 0.6 is 0 Å². The topological polar surface area (TPSA) is 49.2 Å². The lowest BCUT2D eigenvalue weighted by Gasteiger charge is -2.32. The fourth-order valence-corrected chi connectivity index (χ4v) is 3.32. The summed E-state index contributed by atoms with van der Waals surface area (Å²) in [5, 5.41) is 4.83. The van der Waals surface area contributed by atoms with Crippen LogP contribution in [0.1, 0.15) is 39.7 Å². The summed E-state index contributed by atoms with van der Waals surface area (Å²) in [6.07, 6.45) is -0.975. The van der Waals surface area contributed by atoms with Crippen molar-refractivity contribution in [3.05, 3.63) is 42.1 Å². The summed E-state index contributed by atoms with van der Waals surface area (Å²) in [6, 6.07) is 8.63. The van der Waals surface area contributed by atoms with Crippen molar-refractivity contribution >= 4 is 23.5 Å². The van der Waals surface area contributed by atoms with Crippen molar-refractivity contribution < 1.29 is 18.1 Å². The molecule has 0 saturated carbocycles. The lowest BCUT2D eigenvalue weighted by atomic mass is 9.76. The Morgan fingerprint density at radius 2 is 1.75 bits per heavy atom. The van der Waals surface area contributed by atoms with Crippen molar-refractivity contribution in [2.45, 2.75) is 45.3 Å². The van der Waals surface area contributed by atoms with Gasteiger partial charge in [-0.15, -0.1) is 0 Å². The van der Waals surface area contributed by atoms with E-state index in [1.54, 1.807) is 30.1 Å². The van der Waals surface area contributed by atoms with Crippen LogP contribution in [-0.4, -0.2) is 33.1 Å². The second kappa shape index (κ2) is 6.35. The summed E-state index contributed by atoms with van der Waals surface area (Å²) < 4.78 is 41.5. The number of nitrogens with zero attached hydrogens (tertiary/aromatic N) is 3. The molecule has 0 amide bonds. The fraction of sp³-hybridized carbons (Fsp3) is 0.400. The Labute approximate surface area is 162 Å². The van der Waals surface area contributed by atoms with E-state index in [9.17, 15) is 8.78 Å². The summed E-state index contributed by atoms with van der Waals surface area (Å²) in [5.74, 6) is 0. The summed E-state index contributed by atoms with van der Waals surface area (Å²) in [5.41, 5.74) is 0.694. The van der Waals surface area contributed by atoms with Gasteiger partial charge in [-0.25, -0.2) is 13.8 Å². The number of halogens is 2. The van der Waals surface area contributed by atoms with Gasteiger partial charge in [0.25, 0.3) is 6.43 Å². The molecule has 0 atom stereocenters. The molecule has 0 radical (unpaired) electrons. The zero-order valence-electron chi connectivity index (χ0n) is 16.5. The number of aryl methyl sites for hydroxylation is 1. The van der Waals surface area contributed by atoms with Gasteiger partial charge >= 0.3 is 7.12 Å². The van der Waals surface area contributed by atoms with Gasteiger partial charge in [-0.1, -0.05) is 12.1 Å². The van der Waals surface area contributed by atoms with Crippen LogP contribution in [0.3, 0.4) is 0 Å². The summed E-state index contributed by atoms with van der Waals surface area (Å²) >= 11 is 0. The van der Waals surface area contributed by atoms with Crippen LogP contribution < -0.4 is 5.46 Å². The standard InChI is InChI=1S/C20H22BF2N3O2/c1-19(2)20(3,4)28-21(27-19)14-7-6-8-15-12(14)11-13(18(22)23)17(24-15)16-9-10-26(5)25-16/h6-11,18H,1-5H3. The van der Waals surface area contributed by atoms with E-state index in [1.807, 2.05) is 39.8 Å². The molecular formula is C20H22BF2N3O2. The first-order chi connectivity index (χ1) is 13.1. The third kappa shape index (κ3) is 3.01. The molecule has 4 rings (SSSR count). The molecule has 1 aliphatic rings. The summed E-state index contributed by atoms with van der Waals surface area (Å²) in [7, 11) is 1.09. The Morgan fingerprint density at radius 1 is 1.07 bits per heavy atom. The van der Waals surface area contributed by atoms with E-state index in [0.29, 0.717) is 22.1 Å². The fourth-order valence-electron chi connectivity index (χ4n) is 3.32. The summed E-state index contributed by atoms with van der Waals surface area (Å²) in [6.45, 7) is 7.83. The maximum absolute atomic E-state index is 13.9. The normalized spacial score (nSPS) is 18.4. The molecule has 2 aromatic heterocycles. The number of rotatable bonds is 3. The molecule has 8 heteroatoms. The van der Waals surface area contributed by atoms with E-state index in [-0.39, 0.29) is 11.3 Å². The maximum Gasteiger partial charge on any atom is 0.495 e. The van der Waals surface area contributed by atoms with Crippen molar-refractivity contribution in [3.8, 4) is 11.4 Å². The van der Waals surface area contributed by atoms with E-state index in [1.165, 1.54) is 6.07 Å². The van der Waals surface area contributed by atoms with Gasteiger partial charge in [0.2, 0.25) is 0 Å². The second-order valence-corrected chi connectivity index (χ2v) is 8.10. The number of pyridine rings is 1. The Balaban J connectivity index is 1.88. The van der Waals surface area contributed by atoms with Crippen LogP contribution in [0.15, 0.2) is 36.5 Å². The molecule has 1 saturated heterocycles. The molecule has 0 spiro atoms. The lowest BCUT2D eigenvalue weighted by molar-refractivity contribution is 0.00578. The predicted molar refractivity (Wildman–Crippen MR) is 105 cm³/mol. The van der Waals surface area contributed by atoms with Crippen LogP contribution in [0.5, 0.6) is 0 Å². The number of hydrogen-bond donors (Lipinski definition) is 0. The van der Waals surface area contributed by atoms with E-state index >= 15 is 0 Å². The zero-order valence-corrected chi connectivity index (χ0v) is 16.5. The highest BCUT2D eigenvalue weighted by atomic mass is 19.3. The predicted octanol–water partition coefficient (Wildman–Crippen LogP) is 3.87. The van der Waals surface area contributed by atoms with Gasteiger partial charge in [-0.3, -0.25) is 4.68 Å². The van der Waals surface area contributed by atoms with Gasteiger partial charge in [0.05, 0.1) is 16.7 Å². The first-order valence-electron chi connectivity index (χ1n) is 9.16. The lowest BCUT2D eigenvalue weighted by Crippen LogP contribution is -2.41. The van der Waals surface area contributed by atoms with Crippen LogP contribution in [0.4, 0.5) is 8.78 Å². The number of benzene rings is 1. The van der Waals surface area contributed by atoms with Crippen molar-refractivity contribution in [2.75, 3.05) is 0 Å². The molecule has 0 N–H and O–H groups in total. The molecule has 0 bridgehead atoms. The highest BCUT2D eigenvalue weighted by molar-refractivity contribution is 6.65. The van der Waals surface area contributed by atoms with Crippen LogP contribution in [0.25, 0.3) is 22.3 Å². The molecule has 5 nitrogen and oxygen atoms in total. The molecular weight excluding hydrogens is 363 g/mol. The summed E-state index contributed by atoms with van der Waals surface area (Å²) in [4.78, 5) is 4.52. The number of alkyl halides is 2. The molecule has 1 aliphatic heterocycles. The van der Waals surface area contributed by atoms with E-state index in [0.717, 1.165) is 0 Å². The Morgan fingerprint density at radius 3 is 2.32 bits per heavy atom. The molecule has 1 fully saturated rings. The Kier molecular flexibility index (Phi) is 4.32. The van der Waals surface area contributed by atoms with Crippen molar-refractivity contribution in [2.24, 2.45) is 7.05 Å². The highest BCUT2D eigenvalue weighted by Crippen LogP contribution is 2.37. The molecule has 3 aromatic rings. The smallest absolute Gasteiger partial charge is 0.399 e. The van der Waals surface area contributed by atoms with Crippen molar-refractivity contribution in [1.82, 2.24) is 14.8 Å². The average Bonchev–Trinajstić information content (AvgIpc) is 3.13. The van der Waals surface area contributed by atoms with Gasteiger partial charge in [-0.05, 0) is 51.4 Å². The molecule has 28 heavy (non-hydrogen) atoms. The molecule has 0 aliphatic carbocycles. The maximum atomic E-state index is 13.9. The molecule has 0 unspecified atom stereocenters. The Bertz CT molecular complexity index is 1030. The van der Waals surface area contributed by atoms with Crippen LogP contribution in [0.2, 0.25) is 0 Å². The first-order valence-corrected chi connectivity index (χ1v) is 9.16. The van der Waals surface area contributed by atoms with Crippen LogP contribution in [0, 0.1) is 0 Å². The van der Waals surface area contributed by atoms with E-state index < -0.39 is 24.7 Å². The van der Waals surface area contributed by atoms with Gasteiger partial charge in [-0.2, -0.15) is 5.10 Å². The minimum absolute atomic E-state index is 0.157. The zero-order chi connectivity index (χ0) is 20.3. The second-order valence-electron chi connectivity index (χ2n) is 8.10. The third-order valence-corrected chi connectivity index (χ3v) is 5.62. The average molecular weight is 385 g/mol. The van der Waals surface area contributed by atoms with Gasteiger partial charge in [0, 0.05) is 24.2 Å².